The summed E-state index contributed by atoms with van der Waals surface area (Å²) in [6.45, 7) is 0. The smallest absolute Gasteiger partial charge is 0.391 e. The molecule has 1 unspecified atom stereocenters. The maximum Gasteiger partial charge on any atom is 0.391 e. The van der Waals surface area contributed by atoms with Crippen molar-refractivity contribution in [1.29, 1.82) is 0 Å². The Morgan fingerprint density at radius 1 is 1.25 bits per heavy atom. The average molecular weight is 330 g/mol. The second kappa shape index (κ2) is 6.32. The van der Waals surface area contributed by atoms with Crippen LogP contribution in [0.4, 0.5) is 13.2 Å². The van der Waals surface area contributed by atoms with E-state index in [2.05, 4.69) is 0 Å². The molecule has 1 rings (SSSR count). The molecule has 0 fully saturated rings. The Balaban J connectivity index is 2.95. The van der Waals surface area contributed by atoms with E-state index in [1.54, 1.807) is 5.32 Å². The first-order chi connectivity index (χ1) is 9.11. The van der Waals surface area contributed by atoms with E-state index in [0.717, 1.165) is 0 Å². The molecular formula is C11H8Cl2F3NO3. The van der Waals surface area contributed by atoms with Gasteiger partial charge in [-0.2, -0.15) is 13.2 Å². The first-order valence-corrected chi connectivity index (χ1v) is 5.92. The summed E-state index contributed by atoms with van der Waals surface area (Å²) in [6, 6.07) is 1.94. The van der Waals surface area contributed by atoms with Gasteiger partial charge in [0.1, 0.15) is 6.04 Å². The lowest BCUT2D eigenvalue weighted by Gasteiger charge is -2.17. The largest absolute Gasteiger partial charge is 0.480 e. The molecule has 0 spiro atoms. The number of hydrogen-bond acceptors (Lipinski definition) is 2. The first-order valence-electron chi connectivity index (χ1n) is 5.16. The Kier molecular flexibility index (Phi) is 5.24. The number of alkyl halides is 3. The van der Waals surface area contributed by atoms with Crippen LogP contribution in [0.3, 0.4) is 0 Å². The molecule has 0 aromatic heterocycles. The molecule has 1 amide bonds. The number of carboxylic acid groups (broad SMARTS) is 1. The predicted octanol–water partition coefficient (Wildman–Crippen LogP) is 3.13. The number of rotatable bonds is 4. The van der Waals surface area contributed by atoms with E-state index in [4.69, 9.17) is 28.3 Å². The summed E-state index contributed by atoms with van der Waals surface area (Å²) in [5.74, 6) is -2.89. The Morgan fingerprint density at radius 3 is 2.15 bits per heavy atom. The molecule has 1 aromatic carbocycles. The molecule has 0 radical (unpaired) electrons. The lowest BCUT2D eigenvalue weighted by Crippen LogP contribution is -2.43. The van der Waals surface area contributed by atoms with Crippen molar-refractivity contribution in [2.75, 3.05) is 0 Å². The van der Waals surface area contributed by atoms with E-state index in [0.29, 0.717) is 0 Å². The molecule has 4 nitrogen and oxygen atoms in total. The molecular weight excluding hydrogens is 322 g/mol. The highest BCUT2D eigenvalue weighted by molar-refractivity contribution is 6.39. The molecule has 2 N–H and O–H groups in total. The third-order valence-electron chi connectivity index (χ3n) is 2.23. The average Bonchev–Trinajstić information content (AvgIpc) is 2.25. The van der Waals surface area contributed by atoms with E-state index in [9.17, 15) is 22.8 Å². The Bertz CT molecular complexity index is 514. The summed E-state index contributed by atoms with van der Waals surface area (Å²) < 4.78 is 36.6. The minimum atomic E-state index is -4.74. The number of halogens is 5. The molecule has 0 aliphatic heterocycles. The van der Waals surface area contributed by atoms with Crippen LogP contribution < -0.4 is 5.32 Å². The van der Waals surface area contributed by atoms with Gasteiger partial charge < -0.3 is 10.4 Å². The van der Waals surface area contributed by atoms with Crippen LogP contribution in [0, 0.1) is 0 Å². The fourth-order valence-corrected chi connectivity index (χ4v) is 1.95. The highest BCUT2D eigenvalue weighted by Crippen LogP contribution is 2.25. The number of nitrogens with one attached hydrogen (secondary N) is 1. The zero-order chi connectivity index (χ0) is 15.5. The molecule has 9 heteroatoms. The number of carbonyl (C=O) groups excluding carboxylic acids is 1. The summed E-state index contributed by atoms with van der Waals surface area (Å²) >= 11 is 11.4. The minimum absolute atomic E-state index is 0.0915. The molecule has 20 heavy (non-hydrogen) atoms. The van der Waals surface area contributed by atoms with Gasteiger partial charge in [-0.05, 0) is 12.1 Å². The van der Waals surface area contributed by atoms with Crippen LogP contribution in [0.2, 0.25) is 10.0 Å². The molecule has 0 aliphatic rings. The summed E-state index contributed by atoms with van der Waals surface area (Å²) in [6.07, 6.45) is -6.43. The molecule has 0 saturated heterocycles. The van der Waals surface area contributed by atoms with Crippen LogP contribution >= 0.6 is 23.2 Å². The zero-order valence-electron chi connectivity index (χ0n) is 9.67. The quantitative estimate of drug-likeness (QED) is 0.891. The van der Waals surface area contributed by atoms with Crippen molar-refractivity contribution < 1.29 is 27.9 Å². The SMILES string of the molecule is O=C(NC(CC(F)(F)F)C(=O)O)c1c(Cl)cccc1Cl. The topological polar surface area (TPSA) is 66.4 Å². The third-order valence-corrected chi connectivity index (χ3v) is 2.86. The number of aliphatic carboxylic acids is 1. The van der Waals surface area contributed by atoms with Gasteiger partial charge in [-0.3, -0.25) is 4.79 Å². The number of carbonyl (C=O) groups is 2. The number of carboxylic acids is 1. The molecule has 0 saturated carbocycles. The number of benzene rings is 1. The van der Waals surface area contributed by atoms with Crippen molar-refractivity contribution in [1.82, 2.24) is 5.32 Å². The van der Waals surface area contributed by atoms with E-state index in [-0.39, 0.29) is 15.6 Å². The highest BCUT2D eigenvalue weighted by atomic mass is 35.5. The first kappa shape index (κ1) is 16.6. The second-order valence-electron chi connectivity index (χ2n) is 3.78. The van der Waals surface area contributed by atoms with E-state index in [1.165, 1.54) is 18.2 Å². The van der Waals surface area contributed by atoms with E-state index < -0.39 is 30.5 Å². The highest BCUT2D eigenvalue weighted by Gasteiger charge is 2.36. The second-order valence-corrected chi connectivity index (χ2v) is 4.59. The van der Waals surface area contributed by atoms with Gasteiger partial charge in [0, 0.05) is 0 Å². The van der Waals surface area contributed by atoms with Crippen LogP contribution in [-0.4, -0.2) is 29.2 Å². The Morgan fingerprint density at radius 2 is 1.75 bits per heavy atom. The summed E-state index contributed by atoms with van der Waals surface area (Å²) in [5, 5.41) is 10.3. The van der Waals surface area contributed by atoms with Gasteiger partial charge in [0.25, 0.3) is 5.91 Å². The summed E-state index contributed by atoms with van der Waals surface area (Å²) in [5.41, 5.74) is -0.274. The molecule has 0 aliphatic carbocycles. The lowest BCUT2D eigenvalue weighted by atomic mass is 10.1. The molecule has 1 aromatic rings. The van der Waals surface area contributed by atoms with Crippen LogP contribution in [0.5, 0.6) is 0 Å². The van der Waals surface area contributed by atoms with Gasteiger partial charge in [0.2, 0.25) is 0 Å². The molecule has 110 valence electrons. The normalized spacial score (nSPS) is 12.8. The van der Waals surface area contributed by atoms with Crippen LogP contribution in [0.15, 0.2) is 18.2 Å². The predicted molar refractivity (Wildman–Crippen MR) is 66.0 cm³/mol. The molecule has 0 bridgehead atoms. The van der Waals surface area contributed by atoms with Crippen molar-refractivity contribution in [3.63, 3.8) is 0 Å². The minimum Gasteiger partial charge on any atom is -0.480 e. The van der Waals surface area contributed by atoms with Crippen molar-refractivity contribution >= 4 is 35.1 Å². The van der Waals surface area contributed by atoms with Crippen molar-refractivity contribution in [3.05, 3.63) is 33.8 Å². The fourth-order valence-electron chi connectivity index (χ4n) is 1.38. The van der Waals surface area contributed by atoms with Gasteiger partial charge in [-0.25, -0.2) is 4.79 Å². The van der Waals surface area contributed by atoms with E-state index in [1.807, 2.05) is 0 Å². The summed E-state index contributed by atoms with van der Waals surface area (Å²) in [7, 11) is 0. The lowest BCUT2D eigenvalue weighted by molar-refractivity contribution is -0.157. The fraction of sp³-hybridized carbons (Fsp3) is 0.273. The Labute approximate surface area is 121 Å². The standard InChI is InChI=1S/C11H8Cl2F3NO3/c12-5-2-1-3-6(13)8(5)9(18)17-7(10(19)20)4-11(14,15)16/h1-3,7H,4H2,(H,17,18)(H,19,20). The van der Waals surface area contributed by atoms with Gasteiger partial charge in [-0.15, -0.1) is 0 Å². The van der Waals surface area contributed by atoms with Crippen LogP contribution in [-0.2, 0) is 4.79 Å². The van der Waals surface area contributed by atoms with E-state index >= 15 is 0 Å². The van der Waals surface area contributed by atoms with Gasteiger partial charge in [0.15, 0.2) is 0 Å². The van der Waals surface area contributed by atoms with Gasteiger partial charge in [-0.1, -0.05) is 29.3 Å². The van der Waals surface area contributed by atoms with Gasteiger partial charge >= 0.3 is 12.1 Å². The van der Waals surface area contributed by atoms with Crippen LogP contribution in [0.25, 0.3) is 0 Å². The zero-order valence-corrected chi connectivity index (χ0v) is 11.2. The third kappa shape index (κ3) is 4.57. The van der Waals surface area contributed by atoms with Crippen molar-refractivity contribution in [2.24, 2.45) is 0 Å². The maximum atomic E-state index is 12.2. The Hall–Kier alpha value is -1.47. The van der Waals surface area contributed by atoms with Crippen molar-refractivity contribution in [3.8, 4) is 0 Å². The monoisotopic (exact) mass is 329 g/mol. The van der Waals surface area contributed by atoms with Gasteiger partial charge in [0.05, 0.1) is 22.0 Å². The maximum absolute atomic E-state index is 12.2. The molecule has 0 heterocycles. The van der Waals surface area contributed by atoms with Crippen molar-refractivity contribution in [2.45, 2.75) is 18.6 Å². The summed E-state index contributed by atoms with van der Waals surface area (Å²) in [4.78, 5) is 22.5. The molecule has 1 atom stereocenters. The van der Waals surface area contributed by atoms with Crippen LogP contribution in [0.1, 0.15) is 16.8 Å². The number of amides is 1. The number of hydrogen-bond donors (Lipinski definition) is 2.